The topological polar surface area (TPSA) is 58.6 Å². The summed E-state index contributed by atoms with van der Waals surface area (Å²) >= 11 is 5.88. The second-order valence-corrected chi connectivity index (χ2v) is 5.34. The molecule has 0 fully saturated rings. The highest BCUT2D eigenvalue weighted by atomic mass is 35.5. The lowest BCUT2D eigenvalue weighted by Gasteiger charge is -2.13. The zero-order valence-electron chi connectivity index (χ0n) is 12.3. The Labute approximate surface area is 134 Å². The van der Waals surface area contributed by atoms with Crippen LogP contribution in [0.5, 0.6) is 5.75 Å². The van der Waals surface area contributed by atoms with Gasteiger partial charge in [0.15, 0.2) is 0 Å². The van der Waals surface area contributed by atoms with E-state index in [2.05, 4.69) is 5.32 Å². The number of carbonyl (C=O) groups is 1. The quantitative estimate of drug-likeness (QED) is 0.860. The minimum Gasteiger partial charge on any atom is -0.497 e. The van der Waals surface area contributed by atoms with Crippen LogP contribution in [0.4, 0.5) is 0 Å². The van der Waals surface area contributed by atoms with E-state index in [1.165, 1.54) is 0 Å². The number of halogens is 1. The Morgan fingerprint density at radius 3 is 2.64 bits per heavy atom. The molecule has 0 heterocycles. The van der Waals surface area contributed by atoms with Crippen LogP contribution in [-0.4, -0.2) is 24.7 Å². The van der Waals surface area contributed by atoms with Gasteiger partial charge >= 0.3 is 0 Å². The van der Waals surface area contributed by atoms with Gasteiger partial charge < -0.3 is 15.2 Å². The van der Waals surface area contributed by atoms with Crippen molar-refractivity contribution in [1.82, 2.24) is 5.32 Å². The van der Waals surface area contributed by atoms with E-state index in [4.69, 9.17) is 16.3 Å². The SMILES string of the molecule is COc1ccc(C(O)CNC(=O)Cc2cccc(Cl)c2)cc1. The number of aliphatic hydroxyl groups is 1. The van der Waals surface area contributed by atoms with E-state index in [9.17, 15) is 9.90 Å². The van der Waals surface area contributed by atoms with Gasteiger partial charge in [0.05, 0.1) is 19.6 Å². The number of methoxy groups -OCH3 is 1. The van der Waals surface area contributed by atoms with E-state index in [0.29, 0.717) is 5.02 Å². The van der Waals surface area contributed by atoms with Gasteiger partial charge in [-0.25, -0.2) is 0 Å². The average Bonchev–Trinajstić information content (AvgIpc) is 2.52. The van der Waals surface area contributed by atoms with Gasteiger partial charge in [-0.15, -0.1) is 0 Å². The maximum Gasteiger partial charge on any atom is 0.224 e. The highest BCUT2D eigenvalue weighted by Crippen LogP contribution is 2.17. The summed E-state index contributed by atoms with van der Waals surface area (Å²) in [6.45, 7) is 0.158. The van der Waals surface area contributed by atoms with E-state index in [0.717, 1.165) is 16.9 Å². The van der Waals surface area contributed by atoms with Crippen molar-refractivity contribution in [2.75, 3.05) is 13.7 Å². The second kappa shape index (κ2) is 7.82. The largest absolute Gasteiger partial charge is 0.497 e. The minimum atomic E-state index is -0.755. The summed E-state index contributed by atoms with van der Waals surface area (Å²) in [4.78, 5) is 11.9. The number of aliphatic hydroxyl groups excluding tert-OH is 1. The molecule has 5 heteroatoms. The predicted octanol–water partition coefficient (Wildman–Crippen LogP) is 2.74. The first-order valence-corrected chi connectivity index (χ1v) is 7.29. The molecule has 1 atom stereocenters. The predicted molar refractivity (Wildman–Crippen MR) is 86.1 cm³/mol. The zero-order chi connectivity index (χ0) is 15.9. The highest BCUT2D eigenvalue weighted by molar-refractivity contribution is 6.30. The number of rotatable bonds is 6. The molecule has 2 aromatic carbocycles. The van der Waals surface area contributed by atoms with E-state index >= 15 is 0 Å². The van der Waals surface area contributed by atoms with Gasteiger partial charge in [-0.1, -0.05) is 35.9 Å². The first kappa shape index (κ1) is 16.3. The molecule has 0 bridgehead atoms. The normalized spacial score (nSPS) is 11.8. The van der Waals surface area contributed by atoms with Crippen molar-refractivity contribution in [2.24, 2.45) is 0 Å². The summed E-state index contributed by atoms with van der Waals surface area (Å²) < 4.78 is 5.06. The summed E-state index contributed by atoms with van der Waals surface area (Å²) in [6, 6.07) is 14.2. The number of amides is 1. The molecule has 0 radical (unpaired) electrons. The molecular formula is C17H18ClNO3. The minimum absolute atomic E-state index is 0.158. The molecule has 2 N–H and O–H groups in total. The van der Waals surface area contributed by atoms with E-state index < -0.39 is 6.10 Å². The lowest BCUT2D eigenvalue weighted by atomic mass is 10.1. The Morgan fingerprint density at radius 1 is 1.27 bits per heavy atom. The smallest absolute Gasteiger partial charge is 0.224 e. The third kappa shape index (κ3) is 4.76. The number of nitrogens with one attached hydrogen (secondary N) is 1. The molecule has 0 saturated heterocycles. The molecule has 0 aliphatic carbocycles. The lowest BCUT2D eigenvalue weighted by molar-refractivity contribution is -0.120. The Kier molecular flexibility index (Phi) is 5.81. The van der Waals surface area contributed by atoms with Gasteiger partial charge in [0, 0.05) is 11.6 Å². The summed E-state index contributed by atoms with van der Waals surface area (Å²) in [7, 11) is 1.58. The molecule has 2 rings (SSSR count). The summed E-state index contributed by atoms with van der Waals surface area (Å²) in [6.07, 6.45) is -0.523. The number of benzene rings is 2. The Balaban J connectivity index is 1.84. The van der Waals surface area contributed by atoms with Crippen LogP contribution in [-0.2, 0) is 11.2 Å². The summed E-state index contributed by atoms with van der Waals surface area (Å²) in [5.74, 6) is 0.566. The molecule has 0 aliphatic heterocycles. The number of hydrogen-bond donors (Lipinski definition) is 2. The first-order chi connectivity index (χ1) is 10.6. The molecule has 0 aromatic heterocycles. The van der Waals surface area contributed by atoms with Crippen molar-refractivity contribution in [2.45, 2.75) is 12.5 Å². The third-order valence-electron chi connectivity index (χ3n) is 3.25. The molecule has 0 saturated carbocycles. The van der Waals surface area contributed by atoms with Gasteiger partial charge in [0.1, 0.15) is 5.75 Å². The monoisotopic (exact) mass is 319 g/mol. The van der Waals surface area contributed by atoms with Crippen LogP contribution in [0.3, 0.4) is 0 Å². The van der Waals surface area contributed by atoms with Crippen molar-refractivity contribution >= 4 is 17.5 Å². The van der Waals surface area contributed by atoms with Gasteiger partial charge in [-0.3, -0.25) is 4.79 Å². The van der Waals surface area contributed by atoms with Crippen molar-refractivity contribution in [3.05, 3.63) is 64.7 Å². The maximum atomic E-state index is 11.9. The molecule has 2 aromatic rings. The Hall–Kier alpha value is -2.04. The van der Waals surface area contributed by atoms with Crippen LogP contribution in [0.25, 0.3) is 0 Å². The van der Waals surface area contributed by atoms with Crippen molar-refractivity contribution in [1.29, 1.82) is 0 Å². The number of carbonyl (C=O) groups excluding carboxylic acids is 1. The average molecular weight is 320 g/mol. The van der Waals surface area contributed by atoms with Crippen molar-refractivity contribution < 1.29 is 14.6 Å². The fraction of sp³-hybridized carbons (Fsp3) is 0.235. The molecule has 4 nitrogen and oxygen atoms in total. The molecular weight excluding hydrogens is 302 g/mol. The maximum absolute atomic E-state index is 11.9. The fourth-order valence-corrected chi connectivity index (χ4v) is 2.26. The Bertz CT molecular complexity index is 628. The van der Waals surface area contributed by atoms with E-state index in [1.54, 1.807) is 49.6 Å². The van der Waals surface area contributed by atoms with Gasteiger partial charge in [0.2, 0.25) is 5.91 Å². The molecule has 1 amide bonds. The van der Waals surface area contributed by atoms with E-state index in [1.807, 2.05) is 6.07 Å². The molecule has 22 heavy (non-hydrogen) atoms. The Morgan fingerprint density at radius 2 is 2.00 bits per heavy atom. The summed E-state index contributed by atoms with van der Waals surface area (Å²) in [5, 5.41) is 13.4. The standard InChI is InChI=1S/C17H18ClNO3/c1-22-15-7-5-13(6-8-15)16(20)11-19-17(21)10-12-3-2-4-14(18)9-12/h2-9,16,20H,10-11H2,1H3,(H,19,21). The van der Waals surface area contributed by atoms with Gasteiger partial charge in [-0.2, -0.15) is 0 Å². The molecule has 0 spiro atoms. The van der Waals surface area contributed by atoms with E-state index in [-0.39, 0.29) is 18.9 Å². The van der Waals surface area contributed by atoms with Crippen LogP contribution in [0.2, 0.25) is 5.02 Å². The first-order valence-electron chi connectivity index (χ1n) is 6.91. The van der Waals surface area contributed by atoms with Crippen LogP contribution in [0.1, 0.15) is 17.2 Å². The van der Waals surface area contributed by atoms with Crippen LogP contribution >= 0.6 is 11.6 Å². The lowest BCUT2D eigenvalue weighted by Crippen LogP contribution is -2.29. The van der Waals surface area contributed by atoms with Gasteiger partial charge in [0.25, 0.3) is 0 Å². The van der Waals surface area contributed by atoms with Crippen LogP contribution in [0, 0.1) is 0 Å². The van der Waals surface area contributed by atoms with Gasteiger partial charge in [-0.05, 0) is 35.4 Å². The number of ether oxygens (including phenoxy) is 1. The fourth-order valence-electron chi connectivity index (χ4n) is 2.05. The van der Waals surface area contributed by atoms with Crippen LogP contribution in [0.15, 0.2) is 48.5 Å². The molecule has 1 unspecified atom stereocenters. The van der Waals surface area contributed by atoms with Crippen molar-refractivity contribution in [3.8, 4) is 5.75 Å². The second-order valence-electron chi connectivity index (χ2n) is 4.90. The number of hydrogen-bond acceptors (Lipinski definition) is 3. The van der Waals surface area contributed by atoms with Crippen LogP contribution < -0.4 is 10.1 Å². The highest BCUT2D eigenvalue weighted by Gasteiger charge is 2.10. The third-order valence-corrected chi connectivity index (χ3v) is 3.48. The van der Waals surface area contributed by atoms with Crippen molar-refractivity contribution in [3.63, 3.8) is 0 Å². The summed E-state index contributed by atoms with van der Waals surface area (Å²) in [5.41, 5.74) is 1.56. The molecule has 116 valence electrons. The molecule has 0 aliphatic rings. The zero-order valence-corrected chi connectivity index (χ0v) is 13.0.